The Morgan fingerprint density at radius 1 is 1.25 bits per heavy atom. The lowest BCUT2D eigenvalue weighted by Gasteiger charge is -2.28. The molecule has 0 aliphatic rings. The number of unbranched alkanes of at least 4 members (excludes halogenated alkanes) is 2. The van der Waals surface area contributed by atoms with E-state index in [2.05, 4.69) is 17.0 Å². The molecule has 0 fully saturated rings. The zero-order chi connectivity index (χ0) is 14.4. The number of hydrogen-bond donors (Lipinski definition) is 1. The fourth-order valence-corrected chi connectivity index (χ4v) is 2.32. The Morgan fingerprint density at radius 3 is 2.60 bits per heavy atom. The molecule has 1 heterocycles. The van der Waals surface area contributed by atoms with Crippen LogP contribution in [0.25, 0.3) is 0 Å². The topological polar surface area (TPSA) is 50.9 Å². The molecule has 0 aliphatic heterocycles. The van der Waals surface area contributed by atoms with E-state index in [4.69, 9.17) is 0 Å². The van der Waals surface area contributed by atoms with E-state index in [1.807, 2.05) is 0 Å². The van der Waals surface area contributed by atoms with Crippen LogP contribution >= 0.6 is 0 Å². The quantitative estimate of drug-likeness (QED) is 0.792. The SMILES string of the molecule is CCCCCC(O)(Cn1cncn1)c1ccc(F)cc1. The largest absolute Gasteiger partial charge is 0.383 e. The summed E-state index contributed by atoms with van der Waals surface area (Å²) in [5.74, 6) is -0.301. The van der Waals surface area contributed by atoms with Gasteiger partial charge in [0.25, 0.3) is 0 Å². The molecule has 0 saturated heterocycles. The lowest BCUT2D eigenvalue weighted by molar-refractivity contribution is 0.00382. The highest BCUT2D eigenvalue weighted by molar-refractivity contribution is 5.23. The summed E-state index contributed by atoms with van der Waals surface area (Å²) in [6.07, 6.45) is 6.69. The maximum atomic E-state index is 13.0. The minimum Gasteiger partial charge on any atom is -0.383 e. The van der Waals surface area contributed by atoms with E-state index in [0.29, 0.717) is 18.5 Å². The predicted octanol–water partition coefficient (Wildman–Crippen LogP) is 2.89. The van der Waals surface area contributed by atoms with Gasteiger partial charge in [0.15, 0.2) is 0 Å². The third-order valence-electron chi connectivity index (χ3n) is 3.47. The highest BCUT2D eigenvalue weighted by Crippen LogP contribution is 2.29. The second-order valence-corrected chi connectivity index (χ2v) is 5.09. The molecule has 5 heteroatoms. The molecule has 4 nitrogen and oxygen atoms in total. The van der Waals surface area contributed by atoms with Crippen LogP contribution in [-0.2, 0) is 12.1 Å². The van der Waals surface area contributed by atoms with Crippen LogP contribution in [0.4, 0.5) is 4.39 Å². The summed E-state index contributed by atoms with van der Waals surface area (Å²) in [7, 11) is 0. The first-order chi connectivity index (χ1) is 9.64. The summed E-state index contributed by atoms with van der Waals surface area (Å²) < 4.78 is 14.7. The van der Waals surface area contributed by atoms with Crippen molar-refractivity contribution in [2.75, 3.05) is 0 Å². The van der Waals surface area contributed by atoms with Gasteiger partial charge in [-0.2, -0.15) is 5.10 Å². The van der Waals surface area contributed by atoms with Gasteiger partial charge in [0, 0.05) is 0 Å². The molecule has 1 atom stereocenters. The number of nitrogens with zero attached hydrogens (tertiary/aromatic N) is 3. The number of benzene rings is 1. The summed E-state index contributed by atoms with van der Waals surface area (Å²) in [6, 6.07) is 6.03. The fraction of sp³-hybridized carbons (Fsp3) is 0.467. The maximum Gasteiger partial charge on any atom is 0.137 e. The summed E-state index contributed by atoms with van der Waals surface area (Å²) in [4.78, 5) is 3.89. The highest BCUT2D eigenvalue weighted by Gasteiger charge is 2.29. The fourth-order valence-electron chi connectivity index (χ4n) is 2.32. The van der Waals surface area contributed by atoms with Gasteiger partial charge in [-0.25, -0.2) is 14.1 Å². The van der Waals surface area contributed by atoms with Gasteiger partial charge in [-0.05, 0) is 24.1 Å². The van der Waals surface area contributed by atoms with Gasteiger partial charge in [0.05, 0.1) is 6.54 Å². The first kappa shape index (κ1) is 14.7. The molecular formula is C15H20FN3O. The number of halogens is 1. The summed E-state index contributed by atoms with van der Waals surface area (Å²) in [5, 5.41) is 15.0. The van der Waals surface area contributed by atoms with Crippen LogP contribution in [0.2, 0.25) is 0 Å². The minimum absolute atomic E-state index is 0.301. The molecule has 0 amide bonds. The number of rotatable bonds is 7. The third kappa shape index (κ3) is 3.63. The summed E-state index contributed by atoms with van der Waals surface area (Å²) >= 11 is 0. The molecule has 0 radical (unpaired) electrons. The molecule has 0 spiro atoms. The Kier molecular flexibility index (Phi) is 4.84. The lowest BCUT2D eigenvalue weighted by atomic mass is 9.88. The van der Waals surface area contributed by atoms with Crippen LogP contribution < -0.4 is 0 Å². The van der Waals surface area contributed by atoms with Crippen molar-refractivity contribution < 1.29 is 9.50 Å². The van der Waals surface area contributed by atoms with E-state index in [0.717, 1.165) is 19.3 Å². The Bertz CT molecular complexity index is 512. The second kappa shape index (κ2) is 6.61. The Hall–Kier alpha value is -1.75. The number of hydrogen-bond acceptors (Lipinski definition) is 3. The average Bonchev–Trinajstić information content (AvgIpc) is 2.92. The second-order valence-electron chi connectivity index (χ2n) is 5.09. The minimum atomic E-state index is -1.05. The average molecular weight is 277 g/mol. The normalized spacial score (nSPS) is 14.2. The molecule has 0 bridgehead atoms. The smallest absolute Gasteiger partial charge is 0.137 e. The van der Waals surface area contributed by atoms with Crippen molar-refractivity contribution in [3.05, 3.63) is 48.3 Å². The van der Waals surface area contributed by atoms with E-state index in [1.165, 1.54) is 18.5 Å². The Balaban J connectivity index is 2.20. The van der Waals surface area contributed by atoms with E-state index >= 15 is 0 Å². The summed E-state index contributed by atoms with van der Waals surface area (Å²) in [5.41, 5.74) is -0.332. The standard InChI is InChI=1S/C15H20FN3O/c1-2-3-4-9-15(20,10-19-12-17-11-18-19)13-5-7-14(16)8-6-13/h5-8,11-12,20H,2-4,9-10H2,1H3. The van der Waals surface area contributed by atoms with Crippen molar-refractivity contribution in [2.45, 2.75) is 44.8 Å². The number of aromatic nitrogens is 3. The molecule has 108 valence electrons. The molecule has 20 heavy (non-hydrogen) atoms. The van der Waals surface area contributed by atoms with E-state index in [-0.39, 0.29) is 5.82 Å². The molecule has 2 rings (SSSR count). The van der Waals surface area contributed by atoms with Gasteiger partial charge in [0.2, 0.25) is 0 Å². The van der Waals surface area contributed by atoms with E-state index in [1.54, 1.807) is 23.1 Å². The van der Waals surface area contributed by atoms with Gasteiger partial charge in [-0.3, -0.25) is 0 Å². The molecule has 2 aromatic rings. The van der Waals surface area contributed by atoms with Crippen molar-refractivity contribution in [1.29, 1.82) is 0 Å². The van der Waals surface area contributed by atoms with E-state index in [9.17, 15) is 9.50 Å². The zero-order valence-electron chi connectivity index (χ0n) is 11.7. The molecular weight excluding hydrogens is 257 g/mol. The first-order valence-electron chi connectivity index (χ1n) is 6.95. The van der Waals surface area contributed by atoms with Gasteiger partial charge in [-0.15, -0.1) is 0 Å². The monoisotopic (exact) mass is 277 g/mol. The van der Waals surface area contributed by atoms with Crippen molar-refractivity contribution >= 4 is 0 Å². The van der Waals surface area contributed by atoms with Crippen molar-refractivity contribution in [3.8, 4) is 0 Å². The third-order valence-corrected chi connectivity index (χ3v) is 3.47. The van der Waals surface area contributed by atoms with Crippen LogP contribution in [0.5, 0.6) is 0 Å². The molecule has 1 N–H and O–H groups in total. The Morgan fingerprint density at radius 2 is 2.00 bits per heavy atom. The van der Waals surface area contributed by atoms with Crippen molar-refractivity contribution in [2.24, 2.45) is 0 Å². The Labute approximate surface area is 118 Å². The maximum absolute atomic E-state index is 13.0. The molecule has 0 aliphatic carbocycles. The van der Waals surface area contributed by atoms with Crippen LogP contribution in [-0.4, -0.2) is 19.9 Å². The molecule has 1 unspecified atom stereocenters. The first-order valence-corrected chi connectivity index (χ1v) is 6.95. The van der Waals surface area contributed by atoms with Crippen LogP contribution in [0.15, 0.2) is 36.9 Å². The van der Waals surface area contributed by atoms with Gasteiger partial charge in [-0.1, -0.05) is 38.3 Å². The molecule has 1 aromatic carbocycles. The number of aliphatic hydroxyl groups is 1. The van der Waals surface area contributed by atoms with Gasteiger partial charge >= 0.3 is 0 Å². The summed E-state index contributed by atoms with van der Waals surface area (Å²) in [6.45, 7) is 2.44. The van der Waals surface area contributed by atoms with Crippen LogP contribution in [0.1, 0.15) is 38.2 Å². The van der Waals surface area contributed by atoms with Crippen LogP contribution in [0, 0.1) is 5.82 Å². The van der Waals surface area contributed by atoms with Gasteiger partial charge < -0.3 is 5.11 Å². The molecule has 1 aromatic heterocycles. The lowest BCUT2D eigenvalue weighted by Crippen LogP contribution is -2.31. The molecule has 0 saturated carbocycles. The zero-order valence-corrected chi connectivity index (χ0v) is 11.7. The van der Waals surface area contributed by atoms with Gasteiger partial charge in [0.1, 0.15) is 24.1 Å². The van der Waals surface area contributed by atoms with E-state index < -0.39 is 5.60 Å². The highest BCUT2D eigenvalue weighted by atomic mass is 19.1. The van der Waals surface area contributed by atoms with Crippen molar-refractivity contribution in [1.82, 2.24) is 14.8 Å². The predicted molar refractivity (Wildman–Crippen MR) is 74.5 cm³/mol. The van der Waals surface area contributed by atoms with Crippen molar-refractivity contribution in [3.63, 3.8) is 0 Å². The van der Waals surface area contributed by atoms with Crippen LogP contribution in [0.3, 0.4) is 0 Å².